The molecule has 1 aromatic rings. The molecular formula is C8H13N3O5. The van der Waals surface area contributed by atoms with Crippen molar-refractivity contribution in [1.29, 1.82) is 0 Å². The molecule has 0 bridgehead atoms. The van der Waals surface area contributed by atoms with Gasteiger partial charge in [-0.2, -0.15) is 0 Å². The van der Waals surface area contributed by atoms with Crippen LogP contribution in [0.2, 0.25) is 0 Å². The molecule has 1 unspecified atom stereocenters. The molecule has 0 aromatic carbocycles. The van der Waals surface area contributed by atoms with Crippen molar-refractivity contribution in [2.45, 2.75) is 39.2 Å². The van der Waals surface area contributed by atoms with Crippen LogP contribution < -0.4 is 4.90 Å². The van der Waals surface area contributed by atoms with Crippen molar-refractivity contribution >= 4 is 0 Å². The Morgan fingerprint density at radius 1 is 1.62 bits per heavy atom. The average Bonchev–Trinajstić information content (AvgIpc) is 2.57. The first kappa shape index (κ1) is 12.2. The molecule has 8 nitrogen and oxygen atoms in total. The summed E-state index contributed by atoms with van der Waals surface area (Å²) in [6.07, 6.45) is 0.640. The van der Waals surface area contributed by atoms with Crippen molar-refractivity contribution in [2.75, 3.05) is 0 Å². The first-order valence-electron chi connectivity index (χ1n) is 4.99. The smallest absolute Gasteiger partial charge is 0.295 e. The highest BCUT2D eigenvalue weighted by Gasteiger charge is 2.29. The van der Waals surface area contributed by atoms with E-state index >= 15 is 0 Å². The Morgan fingerprint density at radius 2 is 2.31 bits per heavy atom. The summed E-state index contributed by atoms with van der Waals surface area (Å²) < 4.78 is 4.42. The van der Waals surface area contributed by atoms with Gasteiger partial charge in [0.15, 0.2) is 6.10 Å². The van der Waals surface area contributed by atoms with E-state index in [1.165, 1.54) is 0 Å². The normalized spacial score (nSPS) is 12.4. The van der Waals surface area contributed by atoms with Crippen molar-refractivity contribution in [3.8, 4) is 0 Å². The second-order valence-electron chi connectivity index (χ2n) is 3.24. The van der Waals surface area contributed by atoms with Crippen molar-refractivity contribution in [3.63, 3.8) is 0 Å². The van der Waals surface area contributed by atoms with E-state index in [0.29, 0.717) is 18.5 Å². The van der Waals surface area contributed by atoms with Crippen LogP contribution >= 0.6 is 0 Å². The fourth-order valence-corrected chi connectivity index (χ4v) is 1.42. The molecule has 16 heavy (non-hydrogen) atoms. The van der Waals surface area contributed by atoms with Crippen LogP contribution in [-0.2, 0) is 11.3 Å². The fourth-order valence-electron chi connectivity index (χ4n) is 1.42. The van der Waals surface area contributed by atoms with Gasteiger partial charge in [0, 0.05) is 11.6 Å². The zero-order chi connectivity index (χ0) is 12.1. The van der Waals surface area contributed by atoms with Gasteiger partial charge in [-0.15, -0.1) is 10.1 Å². The topological polar surface area (TPSA) is 105 Å². The van der Waals surface area contributed by atoms with Gasteiger partial charge in [-0.1, -0.05) is 13.8 Å². The van der Waals surface area contributed by atoms with E-state index in [9.17, 15) is 15.3 Å². The lowest BCUT2D eigenvalue weighted by Gasteiger charge is -2.09. The summed E-state index contributed by atoms with van der Waals surface area (Å²) in [4.78, 5) is 14.8. The largest absolute Gasteiger partial charge is 0.359 e. The maximum atomic E-state index is 11.3. The average molecular weight is 231 g/mol. The Hall–Kier alpha value is -1.86. The number of nitrogens with zero attached hydrogens (tertiary/aromatic N) is 3. The Balaban J connectivity index is 2.97. The summed E-state index contributed by atoms with van der Waals surface area (Å²) in [5.74, 6) is 0. The first-order valence-corrected chi connectivity index (χ1v) is 4.99. The number of hydrogen-bond donors (Lipinski definition) is 0. The van der Waals surface area contributed by atoms with Crippen LogP contribution in [-0.4, -0.2) is 10.2 Å². The van der Waals surface area contributed by atoms with Crippen molar-refractivity contribution in [2.24, 2.45) is 0 Å². The Labute approximate surface area is 91.4 Å². The predicted octanol–water partition coefficient (Wildman–Crippen LogP) is 0.920. The summed E-state index contributed by atoms with van der Waals surface area (Å²) in [6, 6.07) is 0. The standard InChI is InChI=1S/C8H13N3O5/c1-3-5-6-8(10(12)16-9-6)7(4-2)15-11(13)14/h7H,3-5H2,1-2H3. The summed E-state index contributed by atoms with van der Waals surface area (Å²) in [5, 5.41) is 24.2. The lowest BCUT2D eigenvalue weighted by Crippen LogP contribution is -2.32. The highest BCUT2D eigenvalue weighted by molar-refractivity contribution is 5.06. The first-order chi connectivity index (χ1) is 7.60. The third kappa shape index (κ3) is 2.59. The van der Waals surface area contributed by atoms with E-state index in [-0.39, 0.29) is 10.6 Å². The molecule has 0 aliphatic rings. The molecule has 90 valence electrons. The molecule has 0 aliphatic carbocycles. The predicted molar refractivity (Wildman–Crippen MR) is 50.6 cm³/mol. The number of hydrogen-bond acceptors (Lipinski definition) is 6. The van der Waals surface area contributed by atoms with Crippen molar-refractivity contribution < 1.29 is 19.5 Å². The molecule has 0 fully saturated rings. The van der Waals surface area contributed by atoms with Gasteiger partial charge in [-0.3, -0.25) is 4.63 Å². The molecule has 1 atom stereocenters. The fraction of sp³-hybridized carbons (Fsp3) is 0.750. The maximum Gasteiger partial charge on any atom is 0.295 e. The molecule has 0 spiro atoms. The second-order valence-corrected chi connectivity index (χ2v) is 3.24. The SMILES string of the molecule is CCCc1no[n+]([O-])c1C(CC)O[N+](=O)[O-]. The third-order valence-corrected chi connectivity index (χ3v) is 2.09. The van der Waals surface area contributed by atoms with E-state index in [2.05, 4.69) is 14.6 Å². The molecule has 1 aromatic heterocycles. The van der Waals surface area contributed by atoms with Gasteiger partial charge < -0.3 is 10.0 Å². The van der Waals surface area contributed by atoms with Crippen LogP contribution in [0.25, 0.3) is 0 Å². The van der Waals surface area contributed by atoms with Crippen LogP contribution in [0.4, 0.5) is 0 Å². The highest BCUT2D eigenvalue weighted by atomic mass is 17.0. The van der Waals surface area contributed by atoms with Crippen LogP contribution in [0.15, 0.2) is 4.63 Å². The molecule has 0 saturated heterocycles. The maximum absolute atomic E-state index is 11.3. The molecule has 1 rings (SSSR count). The number of aromatic nitrogens is 2. The van der Waals surface area contributed by atoms with Crippen molar-refractivity contribution in [3.05, 3.63) is 26.7 Å². The summed E-state index contributed by atoms with van der Waals surface area (Å²) in [7, 11) is 0. The van der Waals surface area contributed by atoms with Crippen LogP contribution in [0, 0.1) is 15.3 Å². The summed E-state index contributed by atoms with van der Waals surface area (Å²) in [5.41, 5.74) is 0.493. The lowest BCUT2D eigenvalue weighted by molar-refractivity contribution is -0.825. The molecule has 0 saturated carbocycles. The van der Waals surface area contributed by atoms with E-state index in [1.54, 1.807) is 6.92 Å². The zero-order valence-electron chi connectivity index (χ0n) is 9.08. The highest BCUT2D eigenvalue weighted by Crippen LogP contribution is 2.21. The van der Waals surface area contributed by atoms with E-state index < -0.39 is 11.2 Å². The Kier molecular flexibility index (Phi) is 4.03. The third-order valence-electron chi connectivity index (χ3n) is 2.09. The minimum Gasteiger partial charge on any atom is -0.359 e. The van der Waals surface area contributed by atoms with Crippen LogP contribution in [0.3, 0.4) is 0 Å². The van der Waals surface area contributed by atoms with Crippen LogP contribution in [0.5, 0.6) is 0 Å². The summed E-state index contributed by atoms with van der Waals surface area (Å²) in [6.45, 7) is 3.58. The minimum absolute atomic E-state index is 0.0843. The minimum atomic E-state index is -0.930. The Bertz CT molecular complexity index is 365. The van der Waals surface area contributed by atoms with E-state index in [4.69, 9.17) is 0 Å². The molecule has 1 heterocycles. The van der Waals surface area contributed by atoms with Gasteiger partial charge in [0.1, 0.15) is 0 Å². The second kappa shape index (κ2) is 5.29. The van der Waals surface area contributed by atoms with Crippen molar-refractivity contribution in [1.82, 2.24) is 5.16 Å². The summed E-state index contributed by atoms with van der Waals surface area (Å²) >= 11 is 0. The monoisotopic (exact) mass is 231 g/mol. The molecule has 0 radical (unpaired) electrons. The van der Waals surface area contributed by atoms with Crippen LogP contribution in [0.1, 0.15) is 44.2 Å². The van der Waals surface area contributed by atoms with Gasteiger partial charge in [-0.05, 0) is 17.7 Å². The Morgan fingerprint density at radius 3 is 2.81 bits per heavy atom. The number of aryl methyl sites for hydroxylation is 1. The molecular weight excluding hydrogens is 218 g/mol. The lowest BCUT2D eigenvalue weighted by atomic mass is 10.1. The molecule has 0 amide bonds. The van der Waals surface area contributed by atoms with E-state index in [1.807, 2.05) is 6.92 Å². The zero-order valence-corrected chi connectivity index (χ0v) is 9.08. The van der Waals surface area contributed by atoms with E-state index in [0.717, 1.165) is 6.42 Å². The van der Waals surface area contributed by atoms with Gasteiger partial charge in [0.25, 0.3) is 5.09 Å². The van der Waals surface area contributed by atoms with Gasteiger partial charge in [-0.25, -0.2) is 0 Å². The van der Waals surface area contributed by atoms with Gasteiger partial charge in [0.2, 0.25) is 11.4 Å². The molecule has 8 heteroatoms. The van der Waals surface area contributed by atoms with Gasteiger partial charge >= 0.3 is 0 Å². The quantitative estimate of drug-likeness (QED) is 0.409. The number of rotatable bonds is 6. The molecule has 0 N–H and O–H groups in total. The molecule has 0 aliphatic heterocycles. The van der Waals surface area contributed by atoms with Gasteiger partial charge in [0.05, 0.1) is 0 Å².